The summed E-state index contributed by atoms with van der Waals surface area (Å²) in [6.45, 7) is 0.347. The standard InChI is InChI=1S/C11H13FN4S/c1-16-11(14-7-15-16)17-6-9-2-8(5-13)3-10(12)4-9/h2-4,7H,5-6,13H2,1H3. The maximum Gasteiger partial charge on any atom is 0.186 e. The van der Waals surface area contributed by atoms with Crippen molar-refractivity contribution < 1.29 is 4.39 Å². The quantitative estimate of drug-likeness (QED) is 0.842. The number of nitrogens with two attached hydrogens (primary N) is 1. The largest absolute Gasteiger partial charge is 0.326 e. The predicted molar refractivity (Wildman–Crippen MR) is 64.9 cm³/mol. The Balaban J connectivity index is 2.09. The lowest BCUT2D eigenvalue weighted by atomic mass is 10.1. The number of halogens is 1. The highest BCUT2D eigenvalue weighted by atomic mass is 32.2. The Hall–Kier alpha value is -1.40. The lowest BCUT2D eigenvalue weighted by Crippen LogP contribution is -1.98. The Kier molecular flexibility index (Phi) is 3.75. The molecule has 0 fully saturated rings. The average Bonchev–Trinajstić information content (AvgIpc) is 2.71. The molecule has 0 aliphatic heterocycles. The lowest BCUT2D eigenvalue weighted by molar-refractivity contribution is 0.624. The van der Waals surface area contributed by atoms with Crippen LogP contribution in [0.5, 0.6) is 0 Å². The molecule has 0 aliphatic carbocycles. The first-order valence-corrected chi connectivity index (χ1v) is 6.13. The number of hydrogen-bond acceptors (Lipinski definition) is 4. The second-order valence-electron chi connectivity index (χ2n) is 3.63. The summed E-state index contributed by atoms with van der Waals surface area (Å²) in [6.07, 6.45) is 1.50. The summed E-state index contributed by atoms with van der Waals surface area (Å²) in [6, 6.07) is 4.88. The maximum atomic E-state index is 13.3. The van der Waals surface area contributed by atoms with Crippen molar-refractivity contribution in [3.63, 3.8) is 0 Å². The number of hydrogen-bond donors (Lipinski definition) is 1. The Morgan fingerprint density at radius 1 is 1.35 bits per heavy atom. The van der Waals surface area contributed by atoms with Crippen LogP contribution in [0.4, 0.5) is 4.39 Å². The molecule has 0 spiro atoms. The normalized spacial score (nSPS) is 10.8. The predicted octanol–water partition coefficient (Wildman–Crippen LogP) is 1.71. The highest BCUT2D eigenvalue weighted by Gasteiger charge is 2.04. The third kappa shape index (κ3) is 3.04. The molecule has 0 saturated heterocycles. The highest BCUT2D eigenvalue weighted by Crippen LogP contribution is 2.21. The Morgan fingerprint density at radius 3 is 2.76 bits per heavy atom. The molecule has 1 heterocycles. The molecule has 6 heteroatoms. The van der Waals surface area contributed by atoms with Gasteiger partial charge in [-0.2, -0.15) is 5.10 Å². The summed E-state index contributed by atoms with van der Waals surface area (Å²) in [5, 5.41) is 4.78. The van der Waals surface area contributed by atoms with Gasteiger partial charge in [0.1, 0.15) is 12.1 Å². The van der Waals surface area contributed by atoms with Crippen LogP contribution in [0.1, 0.15) is 11.1 Å². The van der Waals surface area contributed by atoms with Gasteiger partial charge in [-0.15, -0.1) is 0 Å². The molecule has 0 saturated carbocycles. The third-order valence-corrected chi connectivity index (χ3v) is 3.40. The van der Waals surface area contributed by atoms with Crippen LogP contribution >= 0.6 is 11.8 Å². The molecule has 0 amide bonds. The number of aromatic nitrogens is 3. The van der Waals surface area contributed by atoms with Crippen molar-refractivity contribution >= 4 is 11.8 Å². The SMILES string of the molecule is Cn1ncnc1SCc1cc(F)cc(CN)c1. The van der Waals surface area contributed by atoms with Gasteiger partial charge in [0.25, 0.3) is 0 Å². The number of benzene rings is 1. The molecule has 2 rings (SSSR count). The van der Waals surface area contributed by atoms with Crippen LogP contribution in [0.3, 0.4) is 0 Å². The van der Waals surface area contributed by atoms with Gasteiger partial charge >= 0.3 is 0 Å². The first-order valence-electron chi connectivity index (χ1n) is 5.14. The molecule has 2 aromatic rings. The van der Waals surface area contributed by atoms with Crippen molar-refractivity contribution in [3.05, 3.63) is 41.5 Å². The molecular formula is C11H13FN4S. The fourth-order valence-corrected chi connectivity index (χ4v) is 2.30. The first kappa shape index (κ1) is 12.1. The van der Waals surface area contributed by atoms with Gasteiger partial charge in [-0.05, 0) is 23.3 Å². The zero-order valence-electron chi connectivity index (χ0n) is 9.43. The van der Waals surface area contributed by atoms with Crippen molar-refractivity contribution in [2.45, 2.75) is 17.5 Å². The van der Waals surface area contributed by atoms with Gasteiger partial charge in [-0.25, -0.2) is 14.1 Å². The average molecular weight is 252 g/mol. The van der Waals surface area contributed by atoms with Gasteiger partial charge in [0.05, 0.1) is 0 Å². The molecule has 0 radical (unpaired) electrons. The van der Waals surface area contributed by atoms with E-state index in [2.05, 4.69) is 10.1 Å². The number of rotatable bonds is 4. The van der Waals surface area contributed by atoms with Crippen molar-refractivity contribution in [2.75, 3.05) is 0 Å². The fourth-order valence-electron chi connectivity index (χ4n) is 1.48. The Labute approximate surface area is 103 Å². The summed E-state index contributed by atoms with van der Waals surface area (Å²) in [5.41, 5.74) is 7.21. The molecule has 0 unspecified atom stereocenters. The molecule has 1 aromatic carbocycles. The Bertz CT molecular complexity index is 512. The molecule has 0 bridgehead atoms. The molecule has 0 atom stereocenters. The summed E-state index contributed by atoms with van der Waals surface area (Å²) >= 11 is 1.52. The minimum Gasteiger partial charge on any atom is -0.326 e. The summed E-state index contributed by atoms with van der Waals surface area (Å²) < 4.78 is 15.0. The zero-order valence-corrected chi connectivity index (χ0v) is 10.2. The van der Waals surface area contributed by atoms with Crippen LogP contribution in [0.15, 0.2) is 29.7 Å². The van der Waals surface area contributed by atoms with Gasteiger partial charge < -0.3 is 5.73 Å². The van der Waals surface area contributed by atoms with Crippen LogP contribution in [0, 0.1) is 5.82 Å². The van der Waals surface area contributed by atoms with Crippen molar-refractivity contribution in [2.24, 2.45) is 12.8 Å². The molecule has 4 nitrogen and oxygen atoms in total. The van der Waals surface area contributed by atoms with E-state index in [1.807, 2.05) is 13.1 Å². The van der Waals surface area contributed by atoms with Crippen molar-refractivity contribution in [3.8, 4) is 0 Å². The molecule has 2 N–H and O–H groups in total. The highest BCUT2D eigenvalue weighted by molar-refractivity contribution is 7.98. The number of nitrogens with zero attached hydrogens (tertiary/aromatic N) is 3. The van der Waals surface area contributed by atoms with E-state index in [0.717, 1.165) is 16.3 Å². The van der Waals surface area contributed by atoms with E-state index >= 15 is 0 Å². The van der Waals surface area contributed by atoms with E-state index in [4.69, 9.17) is 5.73 Å². The minimum atomic E-state index is -0.249. The fraction of sp³-hybridized carbons (Fsp3) is 0.273. The number of aryl methyl sites for hydroxylation is 1. The number of thioether (sulfide) groups is 1. The van der Waals surface area contributed by atoms with Gasteiger partial charge in [-0.1, -0.05) is 17.8 Å². The lowest BCUT2D eigenvalue weighted by Gasteiger charge is -2.04. The van der Waals surface area contributed by atoms with Crippen LogP contribution in [-0.4, -0.2) is 14.8 Å². The van der Waals surface area contributed by atoms with E-state index < -0.39 is 0 Å². The van der Waals surface area contributed by atoms with Crippen LogP contribution < -0.4 is 5.73 Å². The molecule has 0 aliphatic rings. The molecule has 90 valence electrons. The van der Waals surface area contributed by atoms with E-state index in [0.29, 0.717) is 12.3 Å². The van der Waals surface area contributed by atoms with Crippen molar-refractivity contribution in [1.82, 2.24) is 14.8 Å². The van der Waals surface area contributed by atoms with Crippen LogP contribution in [0.25, 0.3) is 0 Å². The second kappa shape index (κ2) is 5.29. The topological polar surface area (TPSA) is 56.7 Å². The van der Waals surface area contributed by atoms with Crippen LogP contribution in [-0.2, 0) is 19.3 Å². The molecule has 1 aromatic heterocycles. The van der Waals surface area contributed by atoms with E-state index in [9.17, 15) is 4.39 Å². The summed E-state index contributed by atoms with van der Waals surface area (Å²) in [5.74, 6) is 0.401. The second-order valence-corrected chi connectivity index (χ2v) is 4.57. The first-order chi connectivity index (χ1) is 8.19. The van der Waals surface area contributed by atoms with E-state index in [1.54, 1.807) is 4.68 Å². The zero-order chi connectivity index (χ0) is 12.3. The van der Waals surface area contributed by atoms with Gasteiger partial charge in [0.2, 0.25) is 0 Å². The molecular weight excluding hydrogens is 239 g/mol. The van der Waals surface area contributed by atoms with Gasteiger partial charge in [0.15, 0.2) is 5.16 Å². The summed E-state index contributed by atoms with van der Waals surface area (Å²) in [4.78, 5) is 4.09. The van der Waals surface area contributed by atoms with Gasteiger partial charge in [-0.3, -0.25) is 0 Å². The third-order valence-electron chi connectivity index (χ3n) is 2.29. The van der Waals surface area contributed by atoms with Gasteiger partial charge in [0, 0.05) is 19.3 Å². The van der Waals surface area contributed by atoms with Crippen molar-refractivity contribution in [1.29, 1.82) is 0 Å². The summed E-state index contributed by atoms with van der Waals surface area (Å²) in [7, 11) is 1.83. The van der Waals surface area contributed by atoms with Crippen LogP contribution in [0.2, 0.25) is 0 Å². The Morgan fingerprint density at radius 2 is 2.12 bits per heavy atom. The van der Waals surface area contributed by atoms with E-state index in [1.165, 1.54) is 30.2 Å². The maximum absolute atomic E-state index is 13.3. The minimum absolute atomic E-state index is 0.249. The monoisotopic (exact) mass is 252 g/mol. The van der Waals surface area contributed by atoms with E-state index in [-0.39, 0.29) is 5.82 Å². The molecule has 17 heavy (non-hydrogen) atoms. The smallest absolute Gasteiger partial charge is 0.186 e.